The molecule has 0 aromatic carbocycles. The maximum Gasteiger partial charge on any atom is 0.0270 e. The second-order valence-electron chi connectivity index (χ2n) is 2.49. The van der Waals surface area contributed by atoms with Crippen LogP contribution in [0, 0.1) is 0 Å². The molecule has 0 bridgehead atoms. The van der Waals surface area contributed by atoms with E-state index in [-0.39, 0.29) is 0 Å². The highest BCUT2D eigenvalue weighted by Crippen LogP contribution is 2.02. The van der Waals surface area contributed by atoms with Crippen molar-refractivity contribution in [1.29, 1.82) is 0 Å². The molecule has 1 rings (SSSR count). The van der Waals surface area contributed by atoms with Crippen LogP contribution in [0.5, 0.6) is 0 Å². The van der Waals surface area contributed by atoms with E-state index >= 15 is 0 Å². The van der Waals surface area contributed by atoms with Gasteiger partial charge in [0.05, 0.1) is 0 Å². The summed E-state index contributed by atoms with van der Waals surface area (Å²) < 4.78 is 0. The van der Waals surface area contributed by atoms with Crippen LogP contribution in [-0.4, -0.2) is 4.98 Å². The molecule has 0 radical (unpaired) electrons. The first-order chi connectivity index (χ1) is 4.79. The first-order valence-corrected chi connectivity index (χ1v) is 3.32. The van der Waals surface area contributed by atoms with Crippen molar-refractivity contribution in [1.82, 2.24) is 4.98 Å². The van der Waals surface area contributed by atoms with Crippen LogP contribution in [0.25, 0.3) is 0 Å². The maximum atomic E-state index is 3.92. The molecule has 1 heterocycles. The zero-order valence-electron chi connectivity index (χ0n) is 6.17. The molecule has 0 aliphatic rings. The molecule has 1 heteroatoms. The van der Waals surface area contributed by atoms with Crippen LogP contribution in [0.4, 0.5) is 0 Å². The van der Waals surface area contributed by atoms with Crippen LogP contribution in [0.1, 0.15) is 12.5 Å². The van der Waals surface area contributed by atoms with Crippen molar-refractivity contribution in [2.24, 2.45) is 0 Å². The van der Waals surface area contributed by atoms with Crippen LogP contribution in [0.15, 0.2) is 36.7 Å². The zero-order valence-corrected chi connectivity index (χ0v) is 6.17. The Morgan fingerprint density at radius 1 is 1.50 bits per heavy atom. The Kier molecular flexibility index (Phi) is 2.21. The Balaban J connectivity index is 2.67. The molecule has 0 N–H and O–H groups in total. The van der Waals surface area contributed by atoms with E-state index in [0.717, 1.165) is 6.42 Å². The molecule has 1 nitrogen and oxygen atoms in total. The highest BCUT2D eigenvalue weighted by Gasteiger charge is 1.89. The van der Waals surface area contributed by atoms with E-state index in [4.69, 9.17) is 0 Å². The lowest BCUT2D eigenvalue weighted by molar-refractivity contribution is 1.13. The molecule has 0 saturated carbocycles. The Labute approximate surface area is 61.4 Å². The van der Waals surface area contributed by atoms with Gasteiger partial charge >= 0.3 is 0 Å². The molecule has 0 spiro atoms. The summed E-state index contributed by atoms with van der Waals surface area (Å²) in [7, 11) is 0. The number of pyridine rings is 1. The van der Waals surface area contributed by atoms with Crippen molar-refractivity contribution in [3.05, 3.63) is 42.2 Å². The van der Waals surface area contributed by atoms with Gasteiger partial charge in [0.25, 0.3) is 0 Å². The van der Waals surface area contributed by atoms with E-state index in [1.165, 1.54) is 11.1 Å². The third-order valence-corrected chi connectivity index (χ3v) is 1.26. The van der Waals surface area contributed by atoms with Crippen molar-refractivity contribution < 1.29 is 0 Å². The highest BCUT2D eigenvalue weighted by atomic mass is 14.6. The number of hydrogen-bond donors (Lipinski definition) is 0. The van der Waals surface area contributed by atoms with Crippen molar-refractivity contribution in [3.63, 3.8) is 0 Å². The molecule has 0 unspecified atom stereocenters. The normalized spacial score (nSPS) is 9.30. The van der Waals surface area contributed by atoms with Gasteiger partial charge in [-0.15, -0.1) is 0 Å². The van der Waals surface area contributed by atoms with Crippen molar-refractivity contribution >= 4 is 0 Å². The van der Waals surface area contributed by atoms with E-state index < -0.39 is 0 Å². The summed E-state index contributed by atoms with van der Waals surface area (Å²) in [6.07, 6.45) is 4.57. The molecule has 0 aliphatic carbocycles. The van der Waals surface area contributed by atoms with Crippen molar-refractivity contribution in [2.75, 3.05) is 0 Å². The van der Waals surface area contributed by atoms with Crippen LogP contribution in [0.3, 0.4) is 0 Å². The third-order valence-electron chi connectivity index (χ3n) is 1.26. The van der Waals surface area contributed by atoms with Gasteiger partial charge in [-0.05, 0) is 31.0 Å². The molecule has 1 aromatic heterocycles. The molecular weight excluding hydrogens is 122 g/mol. The zero-order chi connectivity index (χ0) is 7.40. The van der Waals surface area contributed by atoms with Crippen LogP contribution in [-0.2, 0) is 6.42 Å². The smallest absolute Gasteiger partial charge is 0.0270 e. The fourth-order valence-electron chi connectivity index (χ4n) is 0.849. The first-order valence-electron chi connectivity index (χ1n) is 3.32. The van der Waals surface area contributed by atoms with E-state index in [9.17, 15) is 0 Å². The van der Waals surface area contributed by atoms with Gasteiger partial charge < -0.3 is 0 Å². The number of allylic oxidation sites excluding steroid dienone is 1. The first kappa shape index (κ1) is 7.00. The monoisotopic (exact) mass is 133 g/mol. The molecule has 0 aliphatic heterocycles. The molecule has 52 valence electrons. The lowest BCUT2D eigenvalue weighted by atomic mass is 10.1. The number of rotatable bonds is 2. The fraction of sp³-hybridized carbons (Fsp3) is 0.222. The third kappa shape index (κ3) is 2.02. The summed E-state index contributed by atoms with van der Waals surface area (Å²) in [5, 5.41) is 0. The molecule has 10 heavy (non-hydrogen) atoms. The fourth-order valence-corrected chi connectivity index (χ4v) is 0.849. The Hall–Kier alpha value is -1.11. The lowest BCUT2D eigenvalue weighted by Gasteiger charge is -1.96. The quantitative estimate of drug-likeness (QED) is 0.563. The summed E-state index contributed by atoms with van der Waals surface area (Å²) in [6, 6.07) is 4.02. The minimum atomic E-state index is 0.961. The summed E-state index contributed by atoms with van der Waals surface area (Å²) >= 11 is 0. The summed E-state index contributed by atoms with van der Waals surface area (Å²) in [5.41, 5.74) is 2.47. The van der Waals surface area contributed by atoms with Gasteiger partial charge in [-0.1, -0.05) is 12.2 Å². The minimum absolute atomic E-state index is 0.961. The highest BCUT2D eigenvalue weighted by molar-refractivity contribution is 5.16. The van der Waals surface area contributed by atoms with Gasteiger partial charge in [-0.25, -0.2) is 0 Å². The predicted octanol–water partition coefficient (Wildman–Crippen LogP) is 2.20. The summed E-state index contributed by atoms with van der Waals surface area (Å²) in [4.78, 5) is 3.92. The van der Waals surface area contributed by atoms with Gasteiger partial charge in [-0.2, -0.15) is 0 Å². The van der Waals surface area contributed by atoms with Gasteiger partial charge in [-0.3, -0.25) is 4.98 Å². The van der Waals surface area contributed by atoms with Gasteiger partial charge in [0.1, 0.15) is 0 Å². The number of hydrogen-bond acceptors (Lipinski definition) is 1. The molecule has 0 saturated heterocycles. The van der Waals surface area contributed by atoms with Crippen LogP contribution < -0.4 is 0 Å². The Morgan fingerprint density at radius 3 is 2.60 bits per heavy atom. The standard InChI is InChI=1S/C9H11N/c1-8(2)7-9-3-5-10-6-4-9/h3-6H,1,7H2,2H3. The van der Waals surface area contributed by atoms with E-state index in [1.807, 2.05) is 19.1 Å². The van der Waals surface area contributed by atoms with E-state index in [0.29, 0.717) is 0 Å². The van der Waals surface area contributed by atoms with Crippen LogP contribution >= 0.6 is 0 Å². The Bertz CT molecular complexity index is 213. The summed E-state index contributed by atoms with van der Waals surface area (Å²) in [6.45, 7) is 5.86. The molecule has 0 amide bonds. The molecule has 1 aromatic rings. The van der Waals surface area contributed by atoms with E-state index in [2.05, 4.69) is 11.6 Å². The van der Waals surface area contributed by atoms with Crippen LogP contribution in [0.2, 0.25) is 0 Å². The van der Waals surface area contributed by atoms with Gasteiger partial charge in [0, 0.05) is 12.4 Å². The maximum absolute atomic E-state index is 3.92. The van der Waals surface area contributed by atoms with Gasteiger partial charge in [0.2, 0.25) is 0 Å². The second-order valence-corrected chi connectivity index (χ2v) is 2.49. The van der Waals surface area contributed by atoms with Crippen molar-refractivity contribution in [2.45, 2.75) is 13.3 Å². The number of nitrogens with zero attached hydrogens (tertiary/aromatic N) is 1. The second kappa shape index (κ2) is 3.16. The molecule has 0 atom stereocenters. The molecule has 0 fully saturated rings. The lowest BCUT2D eigenvalue weighted by Crippen LogP contribution is -1.84. The molecular formula is C9H11N. The summed E-state index contributed by atoms with van der Waals surface area (Å²) in [5.74, 6) is 0. The largest absolute Gasteiger partial charge is 0.265 e. The SMILES string of the molecule is C=C(C)Cc1ccncc1. The Morgan fingerprint density at radius 2 is 2.10 bits per heavy atom. The minimum Gasteiger partial charge on any atom is -0.265 e. The number of aromatic nitrogens is 1. The predicted molar refractivity (Wildman–Crippen MR) is 42.8 cm³/mol. The average Bonchev–Trinajstić information content (AvgIpc) is 1.88. The topological polar surface area (TPSA) is 12.9 Å². The van der Waals surface area contributed by atoms with Gasteiger partial charge in [0.15, 0.2) is 0 Å². The van der Waals surface area contributed by atoms with Crippen molar-refractivity contribution in [3.8, 4) is 0 Å². The van der Waals surface area contributed by atoms with E-state index in [1.54, 1.807) is 12.4 Å². The average molecular weight is 133 g/mol.